The zero-order valence-electron chi connectivity index (χ0n) is 13.1. The maximum atomic E-state index is 9.92. The highest BCUT2D eigenvalue weighted by Gasteiger charge is 2.24. The van der Waals surface area contributed by atoms with E-state index < -0.39 is 0 Å². The Morgan fingerprint density at radius 2 is 1.90 bits per heavy atom. The van der Waals surface area contributed by atoms with Crippen molar-refractivity contribution in [1.29, 1.82) is 0 Å². The molecule has 0 aromatic heterocycles. The van der Waals surface area contributed by atoms with Crippen LogP contribution in [0.2, 0.25) is 0 Å². The molecule has 1 unspecified atom stereocenters. The van der Waals surface area contributed by atoms with Crippen molar-refractivity contribution in [3.8, 4) is 12.3 Å². The van der Waals surface area contributed by atoms with Crippen LogP contribution in [0.3, 0.4) is 0 Å². The summed E-state index contributed by atoms with van der Waals surface area (Å²) >= 11 is 0. The summed E-state index contributed by atoms with van der Waals surface area (Å²) in [6.45, 7) is 8.62. The van der Waals surface area contributed by atoms with Gasteiger partial charge in [0, 0.05) is 32.4 Å². The third-order valence-corrected chi connectivity index (χ3v) is 3.38. The minimum Gasteiger partial charge on any atom is -0.290 e. The van der Waals surface area contributed by atoms with E-state index in [1.54, 1.807) is 6.21 Å². The summed E-state index contributed by atoms with van der Waals surface area (Å²) in [5.41, 5.74) is 1.87. The van der Waals surface area contributed by atoms with E-state index in [2.05, 4.69) is 29.9 Å². The Morgan fingerprint density at radius 3 is 2.35 bits per heavy atom. The summed E-state index contributed by atoms with van der Waals surface area (Å²) < 4.78 is 1.23. The topological polar surface area (TPSA) is 26.5 Å². The normalized spacial score (nSPS) is 14.2. The molecular weight excluding hydrogens is 248 g/mol. The lowest BCUT2D eigenvalue weighted by Gasteiger charge is -2.22. The van der Waals surface area contributed by atoms with E-state index in [1.165, 1.54) is 10.3 Å². The fraction of sp³-hybridized carbons (Fsp3) is 0.471. The molecule has 3 nitrogen and oxygen atoms in total. The van der Waals surface area contributed by atoms with E-state index in [9.17, 15) is 5.21 Å². The number of benzene rings is 1. The molecule has 1 atom stereocenters. The van der Waals surface area contributed by atoms with E-state index in [-0.39, 0.29) is 11.6 Å². The minimum atomic E-state index is -0.307. The molecule has 0 aliphatic rings. The number of terminal acetylenes is 1. The van der Waals surface area contributed by atoms with Gasteiger partial charge in [-0.05, 0) is 36.4 Å². The smallest absolute Gasteiger partial charge is 0.223 e. The third kappa shape index (κ3) is 4.40. The summed E-state index contributed by atoms with van der Waals surface area (Å²) in [6.07, 6.45) is 7.07. The molecule has 1 aromatic carbocycles. The Bertz CT molecular complexity index is 503. The van der Waals surface area contributed by atoms with Crippen LogP contribution in [-0.2, 0) is 0 Å². The average molecular weight is 273 g/mol. The first-order valence-electron chi connectivity index (χ1n) is 6.82. The van der Waals surface area contributed by atoms with Crippen LogP contribution in [-0.4, -0.2) is 40.2 Å². The first-order valence-corrected chi connectivity index (χ1v) is 6.82. The van der Waals surface area contributed by atoms with Gasteiger partial charge in [0.05, 0.1) is 6.54 Å². The molecule has 0 heterocycles. The number of nitrogens with zero attached hydrogens (tertiary/aromatic N) is 2. The highest BCUT2D eigenvalue weighted by atomic mass is 16.5. The Kier molecular flexibility index (Phi) is 5.35. The van der Waals surface area contributed by atoms with E-state index >= 15 is 0 Å². The molecule has 0 fully saturated rings. The molecule has 0 spiro atoms. The van der Waals surface area contributed by atoms with E-state index in [4.69, 9.17) is 6.42 Å². The van der Waals surface area contributed by atoms with Gasteiger partial charge in [-0.3, -0.25) is 10.1 Å². The van der Waals surface area contributed by atoms with Crippen molar-refractivity contribution >= 4 is 6.21 Å². The third-order valence-electron chi connectivity index (χ3n) is 3.38. The number of hydrogen-bond donors (Lipinski definition) is 1. The molecule has 0 radical (unpaired) electrons. The molecule has 20 heavy (non-hydrogen) atoms. The van der Waals surface area contributed by atoms with Gasteiger partial charge in [0.25, 0.3) is 0 Å². The predicted molar refractivity (Wildman–Crippen MR) is 83.3 cm³/mol. The fourth-order valence-corrected chi connectivity index (χ4v) is 1.73. The highest BCUT2D eigenvalue weighted by molar-refractivity contribution is 5.75. The predicted octanol–water partition coefficient (Wildman–Crippen LogP) is 2.93. The second-order valence-corrected chi connectivity index (χ2v) is 6.11. The zero-order valence-corrected chi connectivity index (χ0v) is 13.1. The van der Waals surface area contributed by atoms with Crippen molar-refractivity contribution in [3.05, 3.63) is 35.4 Å². The Labute approximate surface area is 122 Å². The number of hydrogen-bond acceptors (Lipinski definition) is 2. The standard InChI is InChI=1S/C17H25N2O/c1-7-12-18(6)14(2)16-10-8-15(9-11-16)13-19(20)17(3,4)5/h1,8-11,13-14,20H,12H2,2-6H3/q+1/b19-13-. The van der Waals surface area contributed by atoms with Crippen molar-refractivity contribution in [2.24, 2.45) is 0 Å². The molecule has 1 N–H and O–H groups in total. The number of rotatable bonds is 4. The highest BCUT2D eigenvalue weighted by Crippen LogP contribution is 2.18. The van der Waals surface area contributed by atoms with Gasteiger partial charge >= 0.3 is 0 Å². The minimum absolute atomic E-state index is 0.271. The molecule has 1 aromatic rings. The van der Waals surface area contributed by atoms with Crippen LogP contribution in [0, 0.1) is 12.3 Å². The Morgan fingerprint density at radius 1 is 1.35 bits per heavy atom. The molecule has 0 saturated heterocycles. The van der Waals surface area contributed by atoms with Gasteiger partial charge in [-0.1, -0.05) is 18.1 Å². The van der Waals surface area contributed by atoms with Gasteiger partial charge in [0.2, 0.25) is 11.8 Å². The van der Waals surface area contributed by atoms with Gasteiger partial charge in [-0.2, -0.15) is 0 Å². The van der Waals surface area contributed by atoms with Crippen LogP contribution < -0.4 is 0 Å². The maximum Gasteiger partial charge on any atom is 0.223 e. The molecule has 0 amide bonds. The lowest BCUT2D eigenvalue weighted by molar-refractivity contribution is -0.816. The summed E-state index contributed by atoms with van der Waals surface area (Å²) in [6, 6.07) is 8.42. The molecule has 108 valence electrons. The second kappa shape index (κ2) is 6.58. The van der Waals surface area contributed by atoms with Crippen molar-refractivity contribution in [3.63, 3.8) is 0 Å². The summed E-state index contributed by atoms with van der Waals surface area (Å²) in [5.74, 6) is 2.65. The zero-order chi connectivity index (χ0) is 15.3. The molecule has 0 aliphatic carbocycles. The first kappa shape index (κ1) is 16.3. The van der Waals surface area contributed by atoms with Crippen molar-refractivity contribution < 1.29 is 9.95 Å². The monoisotopic (exact) mass is 273 g/mol. The molecular formula is C17H25N2O+. The van der Waals surface area contributed by atoms with Crippen molar-refractivity contribution in [1.82, 2.24) is 4.90 Å². The SMILES string of the molecule is C#CCN(C)C(C)c1ccc(/C=[N+](\O)C(C)(C)C)cc1. The van der Waals surface area contributed by atoms with Crippen LogP contribution in [0.1, 0.15) is 44.9 Å². The quantitative estimate of drug-likeness (QED) is 0.300. The van der Waals surface area contributed by atoms with Crippen molar-refractivity contribution in [2.45, 2.75) is 39.3 Å². The van der Waals surface area contributed by atoms with Crippen LogP contribution in [0.25, 0.3) is 0 Å². The van der Waals surface area contributed by atoms with Crippen LogP contribution in [0.4, 0.5) is 0 Å². The maximum absolute atomic E-state index is 9.92. The number of hydroxylamine groups is 1. The van der Waals surface area contributed by atoms with Crippen molar-refractivity contribution in [2.75, 3.05) is 13.6 Å². The van der Waals surface area contributed by atoms with Crippen LogP contribution in [0.5, 0.6) is 0 Å². The van der Waals surface area contributed by atoms with Crippen LogP contribution >= 0.6 is 0 Å². The fourth-order valence-electron chi connectivity index (χ4n) is 1.73. The Balaban J connectivity index is 2.87. The van der Waals surface area contributed by atoms with E-state index in [1.807, 2.05) is 40.0 Å². The average Bonchev–Trinajstić information content (AvgIpc) is 2.38. The molecule has 3 heteroatoms. The largest absolute Gasteiger partial charge is 0.290 e. The lowest BCUT2D eigenvalue weighted by atomic mass is 10.0. The van der Waals surface area contributed by atoms with Crippen LogP contribution in [0.15, 0.2) is 24.3 Å². The summed E-state index contributed by atoms with van der Waals surface area (Å²) in [5, 5.41) is 9.92. The van der Waals surface area contributed by atoms with Gasteiger partial charge in [-0.15, -0.1) is 6.42 Å². The van der Waals surface area contributed by atoms with Gasteiger partial charge in [0.15, 0.2) is 0 Å². The second-order valence-electron chi connectivity index (χ2n) is 6.11. The molecule has 0 saturated carbocycles. The van der Waals surface area contributed by atoms with Gasteiger partial charge in [-0.25, -0.2) is 0 Å². The van der Waals surface area contributed by atoms with Gasteiger partial charge < -0.3 is 0 Å². The molecule has 1 rings (SSSR count). The lowest BCUT2D eigenvalue weighted by Crippen LogP contribution is -2.31. The summed E-state index contributed by atoms with van der Waals surface area (Å²) in [7, 11) is 2.01. The van der Waals surface area contributed by atoms with E-state index in [0.717, 1.165) is 5.56 Å². The van der Waals surface area contributed by atoms with Gasteiger partial charge in [0.1, 0.15) is 0 Å². The first-order chi connectivity index (χ1) is 9.25. The molecule has 0 bridgehead atoms. The summed E-state index contributed by atoms with van der Waals surface area (Å²) in [4.78, 5) is 2.12. The Hall–Kier alpha value is -1.79. The molecule has 0 aliphatic heterocycles. The van der Waals surface area contributed by atoms with E-state index in [0.29, 0.717) is 6.54 Å².